The van der Waals surface area contributed by atoms with Crippen LogP contribution in [0.1, 0.15) is 45.4 Å². The first-order chi connectivity index (χ1) is 5.38. The van der Waals surface area contributed by atoms with Crippen LogP contribution in [-0.4, -0.2) is 0 Å². The highest BCUT2D eigenvalue weighted by molar-refractivity contribution is 5.25. The molecule has 2 saturated carbocycles. The van der Waals surface area contributed by atoms with Crippen molar-refractivity contribution in [2.24, 2.45) is 5.92 Å². The van der Waals surface area contributed by atoms with Crippen molar-refractivity contribution >= 4 is 0 Å². The van der Waals surface area contributed by atoms with Gasteiger partial charge in [0.2, 0.25) is 0 Å². The normalized spacial score (nSPS) is 31.9. The van der Waals surface area contributed by atoms with Crippen molar-refractivity contribution in [2.45, 2.75) is 45.4 Å². The molecule has 0 nitrogen and oxygen atoms in total. The van der Waals surface area contributed by atoms with Crippen molar-refractivity contribution in [3.05, 3.63) is 17.6 Å². The molecular formula is C11H16. The minimum atomic E-state index is 0.683. The van der Waals surface area contributed by atoms with E-state index in [-0.39, 0.29) is 0 Å². The van der Waals surface area contributed by atoms with Crippen molar-refractivity contribution in [2.75, 3.05) is 0 Å². The van der Waals surface area contributed by atoms with E-state index in [0.717, 1.165) is 0 Å². The molecule has 0 aromatic heterocycles. The van der Waals surface area contributed by atoms with Crippen LogP contribution in [-0.2, 0) is 0 Å². The summed E-state index contributed by atoms with van der Waals surface area (Å²) in [6, 6.07) is 0. The van der Waals surface area contributed by atoms with Gasteiger partial charge in [-0.2, -0.15) is 0 Å². The lowest BCUT2D eigenvalue weighted by atomic mass is 9.98. The fourth-order valence-corrected chi connectivity index (χ4v) is 2.37. The van der Waals surface area contributed by atoms with Gasteiger partial charge in [0.15, 0.2) is 0 Å². The second-order valence-electron chi connectivity index (χ2n) is 3.76. The quantitative estimate of drug-likeness (QED) is 0.462. The van der Waals surface area contributed by atoms with Crippen LogP contribution in [0.3, 0.4) is 0 Å². The number of hydrogen-bond donors (Lipinski definition) is 0. The molecule has 0 aromatic rings. The highest BCUT2D eigenvalue weighted by Gasteiger charge is 2.21. The highest BCUT2D eigenvalue weighted by Crippen LogP contribution is 2.38. The molecule has 0 amide bonds. The van der Waals surface area contributed by atoms with E-state index in [1.165, 1.54) is 38.5 Å². The maximum absolute atomic E-state index is 3.49. The molecule has 2 rings (SSSR count). The predicted molar refractivity (Wildman–Crippen MR) is 47.1 cm³/mol. The maximum Gasteiger partial charge on any atom is -0.00956 e. The Morgan fingerprint density at radius 3 is 2.45 bits per heavy atom. The van der Waals surface area contributed by atoms with E-state index in [9.17, 15) is 0 Å². The minimum absolute atomic E-state index is 0.683. The Hall–Kier alpha value is -0.260. The molecular weight excluding hydrogens is 132 g/mol. The van der Waals surface area contributed by atoms with Gasteiger partial charge in [0.25, 0.3) is 0 Å². The molecule has 2 aliphatic rings. The number of rotatable bonds is 0. The van der Waals surface area contributed by atoms with Crippen LogP contribution in [0.4, 0.5) is 0 Å². The second-order valence-corrected chi connectivity index (χ2v) is 3.76. The molecule has 0 N–H and O–H groups in total. The van der Waals surface area contributed by atoms with Crippen molar-refractivity contribution in [3.8, 4) is 0 Å². The summed E-state index contributed by atoms with van der Waals surface area (Å²) in [4.78, 5) is 0. The third-order valence-electron chi connectivity index (χ3n) is 3.03. The lowest BCUT2D eigenvalue weighted by molar-refractivity contribution is 0.821. The van der Waals surface area contributed by atoms with E-state index in [0.29, 0.717) is 5.92 Å². The molecule has 0 bridgehead atoms. The first kappa shape index (κ1) is 7.39. The van der Waals surface area contributed by atoms with E-state index in [1.54, 1.807) is 11.1 Å². The van der Waals surface area contributed by atoms with Crippen LogP contribution in [0.25, 0.3) is 0 Å². The molecule has 0 spiro atoms. The van der Waals surface area contributed by atoms with Crippen molar-refractivity contribution in [3.63, 3.8) is 0 Å². The number of allylic oxidation sites excluding steroid dienone is 2. The molecule has 2 aliphatic carbocycles. The van der Waals surface area contributed by atoms with E-state index < -0.39 is 0 Å². The summed E-state index contributed by atoms with van der Waals surface area (Å²) in [5, 5.41) is 0. The van der Waals surface area contributed by atoms with E-state index in [4.69, 9.17) is 0 Å². The van der Waals surface area contributed by atoms with E-state index in [1.807, 2.05) is 0 Å². The molecule has 60 valence electrons. The largest absolute Gasteiger partial charge is 0.0707 e. The van der Waals surface area contributed by atoms with Gasteiger partial charge < -0.3 is 0 Å². The van der Waals surface area contributed by atoms with Crippen molar-refractivity contribution in [1.29, 1.82) is 0 Å². The zero-order valence-electron chi connectivity index (χ0n) is 7.32. The fraction of sp³-hybridized carbons (Fsp3) is 0.727. The third kappa shape index (κ3) is 1.36. The van der Waals surface area contributed by atoms with Gasteiger partial charge in [-0.25, -0.2) is 0 Å². The zero-order valence-corrected chi connectivity index (χ0v) is 7.32. The lowest BCUT2D eigenvalue weighted by Crippen LogP contribution is -1.92. The van der Waals surface area contributed by atoms with Gasteiger partial charge in [-0.1, -0.05) is 18.1 Å². The molecule has 0 heterocycles. The van der Waals surface area contributed by atoms with Crippen LogP contribution < -0.4 is 0 Å². The molecule has 0 aromatic carbocycles. The summed E-state index contributed by atoms with van der Waals surface area (Å²) in [7, 11) is 0. The molecule has 0 saturated heterocycles. The Bertz CT molecular complexity index is 168. The van der Waals surface area contributed by atoms with Crippen LogP contribution in [0.15, 0.2) is 11.1 Å². The first-order valence-electron chi connectivity index (χ1n) is 4.82. The predicted octanol–water partition coefficient (Wildman–Crippen LogP) is 3.37. The van der Waals surface area contributed by atoms with Gasteiger partial charge >= 0.3 is 0 Å². The first-order valence-corrected chi connectivity index (χ1v) is 4.82. The molecule has 1 atom stereocenters. The zero-order chi connectivity index (χ0) is 7.68. The molecule has 1 unspecified atom stereocenters. The van der Waals surface area contributed by atoms with Crippen LogP contribution >= 0.6 is 0 Å². The standard InChI is InChI=1S/C11H16/c1-9-5-4-8-11(9)10-6-2-3-7-10/h9H,2-4,6-8H2,1H3. The fourth-order valence-electron chi connectivity index (χ4n) is 2.37. The summed E-state index contributed by atoms with van der Waals surface area (Å²) >= 11 is 0. The Morgan fingerprint density at radius 1 is 1.18 bits per heavy atom. The summed E-state index contributed by atoms with van der Waals surface area (Å²) < 4.78 is 0. The molecule has 2 fully saturated rings. The van der Waals surface area contributed by atoms with Crippen LogP contribution in [0.5, 0.6) is 0 Å². The van der Waals surface area contributed by atoms with Gasteiger partial charge in [0, 0.05) is 0 Å². The summed E-state index contributed by atoms with van der Waals surface area (Å²) in [6.07, 6.45) is 11.7. The SMILES string of the molecule is CC1[C]CCC1=C1CCCC1. The summed E-state index contributed by atoms with van der Waals surface area (Å²) in [6.45, 7) is 2.30. The Kier molecular flexibility index (Phi) is 2.02. The molecule has 2 radical (unpaired) electrons. The average molecular weight is 148 g/mol. The van der Waals surface area contributed by atoms with Crippen LogP contribution in [0.2, 0.25) is 0 Å². The van der Waals surface area contributed by atoms with Gasteiger partial charge in [-0.15, -0.1) is 0 Å². The van der Waals surface area contributed by atoms with E-state index in [2.05, 4.69) is 13.3 Å². The summed E-state index contributed by atoms with van der Waals surface area (Å²) in [5.41, 5.74) is 3.52. The smallest absolute Gasteiger partial charge is 0.00956 e. The minimum Gasteiger partial charge on any atom is -0.0707 e. The topological polar surface area (TPSA) is 0 Å². The summed E-state index contributed by atoms with van der Waals surface area (Å²) in [5.74, 6) is 0.683. The lowest BCUT2D eigenvalue weighted by Gasteiger charge is -2.08. The van der Waals surface area contributed by atoms with Gasteiger partial charge in [0.05, 0.1) is 0 Å². The average Bonchev–Trinajstić information content (AvgIpc) is 2.55. The van der Waals surface area contributed by atoms with E-state index >= 15 is 0 Å². The maximum atomic E-state index is 3.49. The Morgan fingerprint density at radius 2 is 1.91 bits per heavy atom. The Labute approximate surface area is 69.7 Å². The molecule has 0 heteroatoms. The Balaban J connectivity index is 2.16. The van der Waals surface area contributed by atoms with Gasteiger partial charge in [-0.3, -0.25) is 0 Å². The van der Waals surface area contributed by atoms with Gasteiger partial charge in [-0.05, 0) is 50.9 Å². The molecule has 0 aliphatic heterocycles. The second kappa shape index (κ2) is 3.00. The van der Waals surface area contributed by atoms with Crippen molar-refractivity contribution in [1.82, 2.24) is 0 Å². The van der Waals surface area contributed by atoms with Gasteiger partial charge in [0.1, 0.15) is 0 Å². The highest BCUT2D eigenvalue weighted by atomic mass is 14.3. The monoisotopic (exact) mass is 148 g/mol. The molecule has 11 heavy (non-hydrogen) atoms. The van der Waals surface area contributed by atoms with Crippen molar-refractivity contribution < 1.29 is 0 Å². The third-order valence-corrected chi connectivity index (χ3v) is 3.03. The van der Waals surface area contributed by atoms with Crippen LogP contribution in [0, 0.1) is 12.3 Å². The number of hydrogen-bond acceptors (Lipinski definition) is 0.